The molecule has 0 spiro atoms. The van der Waals surface area contributed by atoms with Crippen LogP contribution in [0, 0.1) is 17.2 Å². The lowest BCUT2D eigenvalue weighted by Crippen LogP contribution is -2.27. The van der Waals surface area contributed by atoms with Crippen LogP contribution in [-0.4, -0.2) is 6.04 Å². The zero-order valence-corrected chi connectivity index (χ0v) is 12.9. The first kappa shape index (κ1) is 14.9. The normalized spacial score (nSPS) is 23.7. The Morgan fingerprint density at radius 3 is 2.30 bits per heavy atom. The van der Waals surface area contributed by atoms with Gasteiger partial charge in [-0.3, -0.25) is 0 Å². The van der Waals surface area contributed by atoms with Gasteiger partial charge < -0.3 is 5.32 Å². The number of rotatable bonds is 2. The summed E-state index contributed by atoms with van der Waals surface area (Å²) in [6.45, 7) is 6.69. The lowest BCUT2D eigenvalue weighted by atomic mass is 9.87. The van der Waals surface area contributed by atoms with Crippen LogP contribution >= 0.6 is 0 Å². The molecule has 108 valence electrons. The minimum absolute atomic E-state index is 0.153. The molecule has 2 atom stereocenters. The van der Waals surface area contributed by atoms with Gasteiger partial charge in [-0.25, -0.2) is 0 Å². The SMILES string of the molecule is CC(C)(C)c1ccc(NC2CCCCCC2C#N)cc1. The number of anilines is 1. The number of benzene rings is 1. The molecule has 1 fully saturated rings. The van der Waals surface area contributed by atoms with E-state index in [4.69, 9.17) is 0 Å². The molecule has 1 aromatic rings. The van der Waals surface area contributed by atoms with E-state index in [-0.39, 0.29) is 11.3 Å². The molecule has 1 aliphatic rings. The first-order valence-electron chi connectivity index (χ1n) is 7.77. The van der Waals surface area contributed by atoms with Crippen LogP contribution in [0.5, 0.6) is 0 Å². The summed E-state index contributed by atoms with van der Waals surface area (Å²) in [7, 11) is 0. The number of nitrogens with zero attached hydrogens (tertiary/aromatic N) is 1. The molecule has 0 heterocycles. The van der Waals surface area contributed by atoms with E-state index in [0.717, 1.165) is 18.5 Å². The molecule has 2 rings (SSSR count). The molecule has 0 bridgehead atoms. The zero-order valence-electron chi connectivity index (χ0n) is 12.9. The van der Waals surface area contributed by atoms with Gasteiger partial charge in [-0.15, -0.1) is 0 Å². The maximum absolute atomic E-state index is 9.33. The molecule has 0 radical (unpaired) electrons. The van der Waals surface area contributed by atoms with Crippen LogP contribution in [0.1, 0.15) is 58.4 Å². The molecule has 1 N–H and O–H groups in total. The van der Waals surface area contributed by atoms with Gasteiger partial charge in [0.25, 0.3) is 0 Å². The Kier molecular flexibility index (Phi) is 4.70. The first-order chi connectivity index (χ1) is 9.50. The van der Waals surface area contributed by atoms with E-state index in [1.54, 1.807) is 0 Å². The molecule has 0 saturated heterocycles. The van der Waals surface area contributed by atoms with E-state index in [1.807, 2.05) is 0 Å². The summed E-state index contributed by atoms with van der Waals surface area (Å²) >= 11 is 0. The molecule has 1 aromatic carbocycles. The fraction of sp³-hybridized carbons (Fsp3) is 0.611. The van der Waals surface area contributed by atoms with Crippen LogP contribution in [0.3, 0.4) is 0 Å². The largest absolute Gasteiger partial charge is 0.381 e. The van der Waals surface area contributed by atoms with E-state index < -0.39 is 0 Å². The predicted octanol–water partition coefficient (Wildman–Crippen LogP) is 4.87. The fourth-order valence-corrected chi connectivity index (χ4v) is 2.92. The Labute approximate surface area is 123 Å². The van der Waals surface area contributed by atoms with Crippen molar-refractivity contribution in [2.24, 2.45) is 5.92 Å². The highest BCUT2D eigenvalue weighted by molar-refractivity contribution is 5.47. The molecule has 2 nitrogen and oxygen atoms in total. The van der Waals surface area contributed by atoms with E-state index >= 15 is 0 Å². The van der Waals surface area contributed by atoms with E-state index in [1.165, 1.54) is 24.8 Å². The molecular weight excluding hydrogens is 244 g/mol. The smallest absolute Gasteiger partial charge is 0.0677 e. The Morgan fingerprint density at radius 1 is 1.05 bits per heavy atom. The Morgan fingerprint density at radius 2 is 1.70 bits per heavy atom. The molecular formula is C18H26N2. The molecule has 0 aliphatic heterocycles. The van der Waals surface area contributed by atoms with Gasteiger partial charge in [-0.05, 0) is 36.0 Å². The van der Waals surface area contributed by atoms with Gasteiger partial charge in [-0.1, -0.05) is 52.2 Å². The molecule has 2 heteroatoms. The number of hydrogen-bond acceptors (Lipinski definition) is 2. The molecule has 1 saturated carbocycles. The van der Waals surface area contributed by atoms with Gasteiger partial charge in [0.1, 0.15) is 0 Å². The van der Waals surface area contributed by atoms with Crippen molar-refractivity contribution in [3.63, 3.8) is 0 Å². The lowest BCUT2D eigenvalue weighted by molar-refractivity contribution is 0.514. The van der Waals surface area contributed by atoms with Gasteiger partial charge >= 0.3 is 0 Å². The van der Waals surface area contributed by atoms with Gasteiger partial charge in [0, 0.05) is 11.7 Å². The van der Waals surface area contributed by atoms with Gasteiger partial charge in [-0.2, -0.15) is 5.26 Å². The highest BCUT2D eigenvalue weighted by Crippen LogP contribution is 2.27. The molecule has 1 aliphatic carbocycles. The second-order valence-electron chi connectivity index (χ2n) is 6.95. The van der Waals surface area contributed by atoms with Crippen LogP contribution < -0.4 is 5.32 Å². The molecule has 20 heavy (non-hydrogen) atoms. The van der Waals surface area contributed by atoms with Crippen molar-refractivity contribution in [1.82, 2.24) is 0 Å². The second-order valence-corrected chi connectivity index (χ2v) is 6.95. The Bertz CT molecular complexity index is 462. The topological polar surface area (TPSA) is 35.8 Å². The quantitative estimate of drug-likeness (QED) is 0.778. The first-order valence-corrected chi connectivity index (χ1v) is 7.77. The minimum Gasteiger partial charge on any atom is -0.381 e. The van der Waals surface area contributed by atoms with Crippen LogP contribution in [0.4, 0.5) is 5.69 Å². The Balaban J connectivity index is 2.07. The van der Waals surface area contributed by atoms with Crippen molar-refractivity contribution in [3.05, 3.63) is 29.8 Å². The van der Waals surface area contributed by atoms with Crippen molar-refractivity contribution in [2.45, 2.75) is 64.3 Å². The average molecular weight is 270 g/mol. The monoisotopic (exact) mass is 270 g/mol. The maximum atomic E-state index is 9.33. The van der Waals surface area contributed by atoms with Crippen molar-refractivity contribution >= 4 is 5.69 Å². The summed E-state index contributed by atoms with van der Waals surface area (Å²) in [4.78, 5) is 0. The Hall–Kier alpha value is -1.49. The third-order valence-corrected chi connectivity index (χ3v) is 4.28. The molecule has 0 aromatic heterocycles. The lowest BCUT2D eigenvalue weighted by Gasteiger charge is -2.23. The second kappa shape index (κ2) is 6.31. The van der Waals surface area contributed by atoms with Gasteiger partial charge in [0.15, 0.2) is 0 Å². The maximum Gasteiger partial charge on any atom is 0.0677 e. The third-order valence-electron chi connectivity index (χ3n) is 4.28. The zero-order chi connectivity index (χ0) is 14.6. The summed E-state index contributed by atoms with van der Waals surface area (Å²) < 4.78 is 0. The number of nitriles is 1. The fourth-order valence-electron chi connectivity index (χ4n) is 2.92. The summed E-state index contributed by atoms with van der Waals surface area (Å²) in [5.74, 6) is 0.153. The van der Waals surface area contributed by atoms with Crippen LogP contribution in [0.15, 0.2) is 24.3 Å². The predicted molar refractivity (Wildman–Crippen MR) is 84.7 cm³/mol. The highest BCUT2D eigenvalue weighted by Gasteiger charge is 2.23. The number of hydrogen-bond donors (Lipinski definition) is 1. The molecule has 2 unspecified atom stereocenters. The highest BCUT2D eigenvalue weighted by atomic mass is 14.9. The summed E-state index contributed by atoms with van der Waals surface area (Å²) in [6.07, 6.45) is 5.84. The van der Waals surface area contributed by atoms with E-state index in [0.29, 0.717) is 6.04 Å². The van der Waals surface area contributed by atoms with Crippen LogP contribution in [-0.2, 0) is 5.41 Å². The van der Waals surface area contributed by atoms with Crippen molar-refractivity contribution in [2.75, 3.05) is 5.32 Å². The minimum atomic E-state index is 0.153. The standard InChI is InChI=1S/C18H26N2/c1-18(2,3)15-9-11-16(12-10-15)20-17-8-6-4-5-7-14(17)13-19/h9-12,14,17,20H,4-8H2,1-3H3. The van der Waals surface area contributed by atoms with Gasteiger partial charge in [0.05, 0.1) is 12.0 Å². The number of nitrogens with one attached hydrogen (secondary N) is 1. The average Bonchev–Trinajstić information content (AvgIpc) is 2.63. The van der Waals surface area contributed by atoms with E-state index in [2.05, 4.69) is 56.4 Å². The van der Waals surface area contributed by atoms with Crippen molar-refractivity contribution in [3.8, 4) is 6.07 Å². The van der Waals surface area contributed by atoms with Crippen LogP contribution in [0.2, 0.25) is 0 Å². The van der Waals surface area contributed by atoms with Gasteiger partial charge in [0.2, 0.25) is 0 Å². The summed E-state index contributed by atoms with van der Waals surface area (Å²) in [5, 5.41) is 12.9. The third kappa shape index (κ3) is 3.76. The molecule has 0 amide bonds. The summed E-state index contributed by atoms with van der Waals surface area (Å²) in [6, 6.07) is 11.5. The van der Waals surface area contributed by atoms with Crippen molar-refractivity contribution < 1.29 is 0 Å². The van der Waals surface area contributed by atoms with Crippen LogP contribution in [0.25, 0.3) is 0 Å². The van der Waals surface area contributed by atoms with Crippen molar-refractivity contribution in [1.29, 1.82) is 5.26 Å². The van der Waals surface area contributed by atoms with E-state index in [9.17, 15) is 5.26 Å². The summed E-state index contributed by atoms with van der Waals surface area (Å²) in [5.41, 5.74) is 2.68.